The van der Waals surface area contributed by atoms with Crippen LogP contribution >= 0.6 is 11.6 Å². The lowest BCUT2D eigenvalue weighted by molar-refractivity contribution is 0.386. The Hall–Kier alpha value is -2.08. The second kappa shape index (κ2) is 5.50. The quantitative estimate of drug-likeness (QED) is 0.880. The zero-order valence-corrected chi connectivity index (χ0v) is 11.6. The average Bonchev–Trinajstić information content (AvgIpc) is 2.40. The van der Waals surface area contributed by atoms with E-state index in [1.54, 1.807) is 6.92 Å². The number of aromatic amines is 1. The molecule has 106 valence electrons. The Kier molecular flexibility index (Phi) is 3.94. The SMILES string of the molecule is CCc1c(Cl)[nH]c(=O)n(-c2ccc(F)c(OC)c2)c1=O. The smallest absolute Gasteiger partial charge is 0.334 e. The first-order valence-electron chi connectivity index (χ1n) is 5.87. The van der Waals surface area contributed by atoms with Crippen molar-refractivity contribution in [3.63, 3.8) is 0 Å². The van der Waals surface area contributed by atoms with E-state index in [2.05, 4.69) is 4.98 Å². The van der Waals surface area contributed by atoms with Crippen molar-refractivity contribution in [3.8, 4) is 11.4 Å². The van der Waals surface area contributed by atoms with Crippen LogP contribution in [-0.4, -0.2) is 16.7 Å². The molecule has 20 heavy (non-hydrogen) atoms. The fraction of sp³-hybridized carbons (Fsp3) is 0.231. The molecule has 0 aliphatic heterocycles. The molecule has 1 aromatic carbocycles. The van der Waals surface area contributed by atoms with E-state index in [-0.39, 0.29) is 22.2 Å². The molecule has 0 spiro atoms. The Labute approximate surface area is 118 Å². The molecule has 1 heterocycles. The monoisotopic (exact) mass is 298 g/mol. The maximum atomic E-state index is 13.4. The number of benzene rings is 1. The van der Waals surface area contributed by atoms with Crippen LogP contribution in [0.15, 0.2) is 27.8 Å². The molecule has 7 heteroatoms. The van der Waals surface area contributed by atoms with Gasteiger partial charge in [0.25, 0.3) is 5.56 Å². The van der Waals surface area contributed by atoms with Crippen molar-refractivity contribution >= 4 is 11.6 Å². The Bertz CT molecular complexity index is 767. The first-order valence-corrected chi connectivity index (χ1v) is 6.25. The molecule has 1 N–H and O–H groups in total. The Morgan fingerprint density at radius 3 is 2.70 bits per heavy atom. The standard InChI is InChI=1S/C13H12ClFN2O3/c1-3-8-11(14)16-13(19)17(12(8)18)7-4-5-9(15)10(6-7)20-2/h4-6H,3H2,1-2H3,(H,16,19). The molecule has 0 radical (unpaired) electrons. The van der Waals surface area contributed by atoms with Crippen LogP contribution in [0.25, 0.3) is 5.69 Å². The fourth-order valence-corrected chi connectivity index (χ4v) is 2.17. The number of nitrogens with one attached hydrogen (secondary N) is 1. The highest BCUT2D eigenvalue weighted by Crippen LogP contribution is 2.19. The molecular weight excluding hydrogens is 287 g/mol. The maximum Gasteiger partial charge on any atom is 0.334 e. The molecule has 5 nitrogen and oxygen atoms in total. The van der Waals surface area contributed by atoms with Gasteiger partial charge in [-0.3, -0.25) is 9.78 Å². The number of hydrogen-bond donors (Lipinski definition) is 1. The van der Waals surface area contributed by atoms with Gasteiger partial charge in [-0.1, -0.05) is 18.5 Å². The van der Waals surface area contributed by atoms with Crippen LogP contribution in [0.2, 0.25) is 5.15 Å². The second-order valence-electron chi connectivity index (χ2n) is 4.04. The lowest BCUT2D eigenvalue weighted by Gasteiger charge is -2.09. The zero-order valence-electron chi connectivity index (χ0n) is 10.9. The summed E-state index contributed by atoms with van der Waals surface area (Å²) in [6.07, 6.45) is 0.368. The molecule has 0 amide bonds. The molecule has 0 fully saturated rings. The van der Waals surface area contributed by atoms with Gasteiger partial charge in [-0.25, -0.2) is 13.8 Å². The van der Waals surface area contributed by atoms with Gasteiger partial charge in [0.2, 0.25) is 0 Å². The zero-order chi connectivity index (χ0) is 14.9. The molecule has 2 rings (SSSR count). The number of nitrogens with zero attached hydrogens (tertiary/aromatic N) is 1. The largest absolute Gasteiger partial charge is 0.494 e. The van der Waals surface area contributed by atoms with E-state index in [4.69, 9.17) is 16.3 Å². The minimum Gasteiger partial charge on any atom is -0.494 e. The van der Waals surface area contributed by atoms with Crippen molar-refractivity contribution in [1.29, 1.82) is 0 Å². The molecule has 2 aromatic rings. The summed E-state index contributed by atoms with van der Waals surface area (Å²) in [7, 11) is 1.30. The summed E-state index contributed by atoms with van der Waals surface area (Å²) < 4.78 is 19.1. The van der Waals surface area contributed by atoms with Crippen LogP contribution in [0.3, 0.4) is 0 Å². The van der Waals surface area contributed by atoms with Gasteiger partial charge < -0.3 is 4.74 Å². The first kappa shape index (κ1) is 14.3. The molecule has 0 bridgehead atoms. The minimum absolute atomic E-state index is 0.0211. The van der Waals surface area contributed by atoms with Crippen molar-refractivity contribution in [1.82, 2.24) is 9.55 Å². The van der Waals surface area contributed by atoms with Crippen LogP contribution in [0.5, 0.6) is 5.75 Å². The van der Waals surface area contributed by atoms with Gasteiger partial charge in [0.05, 0.1) is 18.4 Å². The second-order valence-corrected chi connectivity index (χ2v) is 4.41. The van der Waals surface area contributed by atoms with Crippen molar-refractivity contribution in [2.75, 3.05) is 7.11 Å². The summed E-state index contributed by atoms with van der Waals surface area (Å²) in [4.78, 5) is 26.5. The topological polar surface area (TPSA) is 64.1 Å². The highest BCUT2D eigenvalue weighted by Gasteiger charge is 2.14. The summed E-state index contributed by atoms with van der Waals surface area (Å²) in [5, 5.41) is 0.0211. The number of aromatic nitrogens is 2. The first-order chi connectivity index (χ1) is 9.49. The highest BCUT2D eigenvalue weighted by molar-refractivity contribution is 6.30. The van der Waals surface area contributed by atoms with Crippen molar-refractivity contribution in [2.24, 2.45) is 0 Å². The molecular formula is C13H12ClFN2O3. The molecule has 0 atom stereocenters. The summed E-state index contributed by atoms with van der Waals surface area (Å²) in [6.45, 7) is 1.75. The van der Waals surface area contributed by atoms with Crippen LogP contribution in [0.1, 0.15) is 12.5 Å². The predicted octanol–water partition coefficient (Wildman–Crippen LogP) is 1.89. The van der Waals surface area contributed by atoms with E-state index in [1.807, 2.05) is 0 Å². The van der Waals surface area contributed by atoms with Gasteiger partial charge in [0.15, 0.2) is 11.6 Å². The van der Waals surface area contributed by atoms with Crippen LogP contribution in [0.4, 0.5) is 4.39 Å². The highest BCUT2D eigenvalue weighted by atomic mass is 35.5. The maximum absolute atomic E-state index is 13.4. The van der Waals surface area contributed by atoms with Crippen molar-refractivity contribution < 1.29 is 9.13 Å². The molecule has 0 aliphatic rings. The third kappa shape index (κ3) is 2.34. The van der Waals surface area contributed by atoms with E-state index in [0.29, 0.717) is 6.42 Å². The summed E-state index contributed by atoms with van der Waals surface area (Å²) in [5.41, 5.74) is -0.726. The van der Waals surface area contributed by atoms with Gasteiger partial charge in [0, 0.05) is 6.07 Å². The number of hydrogen-bond acceptors (Lipinski definition) is 3. The number of ether oxygens (including phenoxy) is 1. The molecule has 0 aliphatic carbocycles. The number of rotatable bonds is 3. The summed E-state index contributed by atoms with van der Waals surface area (Å²) in [5.74, 6) is -0.632. The predicted molar refractivity (Wildman–Crippen MR) is 73.6 cm³/mol. The Morgan fingerprint density at radius 1 is 1.40 bits per heavy atom. The van der Waals surface area contributed by atoms with E-state index < -0.39 is 17.1 Å². The summed E-state index contributed by atoms with van der Waals surface area (Å²) >= 11 is 5.82. The molecule has 1 aromatic heterocycles. The fourth-order valence-electron chi connectivity index (χ4n) is 1.87. The molecule has 0 saturated carbocycles. The van der Waals surface area contributed by atoms with Crippen LogP contribution in [0, 0.1) is 5.82 Å². The molecule has 0 saturated heterocycles. The number of H-pyrrole nitrogens is 1. The van der Waals surface area contributed by atoms with E-state index in [9.17, 15) is 14.0 Å². The normalized spacial score (nSPS) is 10.6. The van der Waals surface area contributed by atoms with Crippen LogP contribution in [-0.2, 0) is 6.42 Å². The van der Waals surface area contributed by atoms with Crippen molar-refractivity contribution in [2.45, 2.75) is 13.3 Å². The Balaban J connectivity index is 2.76. The third-order valence-electron chi connectivity index (χ3n) is 2.89. The lowest BCUT2D eigenvalue weighted by atomic mass is 10.2. The lowest BCUT2D eigenvalue weighted by Crippen LogP contribution is -2.36. The number of methoxy groups -OCH3 is 1. The Morgan fingerprint density at radius 2 is 2.10 bits per heavy atom. The average molecular weight is 299 g/mol. The number of halogens is 2. The molecule has 0 unspecified atom stereocenters. The minimum atomic E-state index is -0.689. The van der Waals surface area contributed by atoms with E-state index in [0.717, 1.165) is 10.6 Å². The van der Waals surface area contributed by atoms with Gasteiger partial charge in [-0.15, -0.1) is 0 Å². The van der Waals surface area contributed by atoms with Gasteiger partial charge in [0.1, 0.15) is 5.15 Å². The summed E-state index contributed by atoms with van der Waals surface area (Å²) in [6, 6.07) is 3.72. The van der Waals surface area contributed by atoms with Gasteiger partial charge in [-0.05, 0) is 18.6 Å². The third-order valence-corrected chi connectivity index (χ3v) is 3.22. The van der Waals surface area contributed by atoms with E-state index >= 15 is 0 Å². The van der Waals surface area contributed by atoms with Gasteiger partial charge >= 0.3 is 5.69 Å². The van der Waals surface area contributed by atoms with Gasteiger partial charge in [-0.2, -0.15) is 0 Å². The van der Waals surface area contributed by atoms with E-state index in [1.165, 1.54) is 19.2 Å². The van der Waals surface area contributed by atoms with Crippen LogP contribution < -0.4 is 16.0 Å². The van der Waals surface area contributed by atoms with Crippen molar-refractivity contribution in [3.05, 3.63) is 55.6 Å².